The Balaban J connectivity index is 1.93. The number of fused-ring (bicyclic) bond motifs is 1. The molecule has 1 aromatic carbocycles. The van der Waals surface area contributed by atoms with E-state index < -0.39 is 0 Å². The van der Waals surface area contributed by atoms with Crippen LogP contribution in [0.25, 0.3) is 10.9 Å². The molecule has 112 valence electrons. The van der Waals surface area contributed by atoms with E-state index in [0.717, 1.165) is 16.7 Å². The number of rotatable bonds is 6. The molecule has 0 bridgehead atoms. The molecule has 0 saturated heterocycles. The summed E-state index contributed by atoms with van der Waals surface area (Å²) in [7, 11) is 0. The number of hydrogen-bond acceptors (Lipinski definition) is 5. The van der Waals surface area contributed by atoms with Crippen molar-refractivity contribution in [2.24, 2.45) is 5.92 Å². The highest BCUT2D eigenvalue weighted by atomic mass is 16.1. The number of anilines is 2. The molecule has 0 aliphatic carbocycles. The third kappa shape index (κ3) is 4.30. The summed E-state index contributed by atoms with van der Waals surface area (Å²) in [6.07, 6.45) is 1.90. The van der Waals surface area contributed by atoms with E-state index in [1.165, 1.54) is 6.33 Å². The summed E-state index contributed by atoms with van der Waals surface area (Å²) in [6, 6.07) is 5.50. The van der Waals surface area contributed by atoms with Gasteiger partial charge in [-0.1, -0.05) is 13.8 Å². The van der Waals surface area contributed by atoms with Crippen LogP contribution in [0.4, 0.5) is 11.5 Å². The molecule has 4 N–H and O–H groups in total. The van der Waals surface area contributed by atoms with Crippen molar-refractivity contribution in [3.8, 4) is 0 Å². The fourth-order valence-corrected chi connectivity index (χ4v) is 1.92. The zero-order valence-corrected chi connectivity index (χ0v) is 12.4. The lowest BCUT2D eigenvalue weighted by molar-refractivity contribution is -0.120. The molecule has 0 unspecified atom stereocenters. The van der Waals surface area contributed by atoms with Crippen molar-refractivity contribution in [2.75, 3.05) is 24.1 Å². The van der Waals surface area contributed by atoms with Crippen molar-refractivity contribution in [1.29, 1.82) is 0 Å². The second-order valence-electron chi connectivity index (χ2n) is 5.37. The maximum absolute atomic E-state index is 11.6. The average Bonchev–Trinajstić information content (AvgIpc) is 2.45. The molecule has 1 aromatic heterocycles. The highest BCUT2D eigenvalue weighted by molar-refractivity contribution is 5.90. The third-order valence-corrected chi connectivity index (χ3v) is 3.01. The summed E-state index contributed by atoms with van der Waals surface area (Å²) >= 11 is 0. The second-order valence-corrected chi connectivity index (χ2v) is 5.37. The van der Waals surface area contributed by atoms with E-state index in [9.17, 15) is 4.79 Å². The van der Waals surface area contributed by atoms with Crippen LogP contribution in [-0.2, 0) is 4.79 Å². The van der Waals surface area contributed by atoms with E-state index in [0.29, 0.717) is 31.1 Å². The maximum atomic E-state index is 11.6. The van der Waals surface area contributed by atoms with E-state index in [4.69, 9.17) is 5.73 Å². The van der Waals surface area contributed by atoms with Crippen molar-refractivity contribution in [2.45, 2.75) is 20.3 Å². The molecule has 0 aliphatic rings. The van der Waals surface area contributed by atoms with E-state index >= 15 is 0 Å². The Kier molecular flexibility index (Phi) is 4.92. The first-order valence-corrected chi connectivity index (χ1v) is 7.07. The van der Waals surface area contributed by atoms with Crippen LogP contribution in [0.2, 0.25) is 0 Å². The molecular formula is C15H21N5O. The maximum Gasteiger partial charge on any atom is 0.221 e. The fraction of sp³-hybridized carbons (Fsp3) is 0.400. The molecule has 6 heteroatoms. The highest BCUT2D eigenvalue weighted by Crippen LogP contribution is 2.20. The molecule has 0 spiro atoms. The van der Waals surface area contributed by atoms with Crippen LogP contribution in [0.15, 0.2) is 24.5 Å². The van der Waals surface area contributed by atoms with Gasteiger partial charge in [-0.3, -0.25) is 4.79 Å². The largest absolute Gasteiger partial charge is 0.399 e. The number of carbonyl (C=O) groups excluding carboxylic acids is 1. The van der Waals surface area contributed by atoms with E-state index in [1.54, 1.807) is 6.07 Å². The SMILES string of the molecule is CC(C)CNC(=O)CCNc1ncnc2cc(N)ccc12. The number of benzene rings is 1. The van der Waals surface area contributed by atoms with Gasteiger partial charge >= 0.3 is 0 Å². The standard InChI is InChI=1S/C15H21N5O/c1-10(2)8-18-14(21)5-6-17-15-12-4-3-11(16)7-13(12)19-9-20-15/h3-4,7,9-10H,5-6,8,16H2,1-2H3,(H,18,21)(H,17,19,20). The molecule has 1 amide bonds. The number of nitrogens with two attached hydrogens (primary N) is 1. The lowest BCUT2D eigenvalue weighted by Crippen LogP contribution is -2.28. The van der Waals surface area contributed by atoms with Gasteiger partial charge in [-0.15, -0.1) is 0 Å². The van der Waals surface area contributed by atoms with Gasteiger partial charge in [0.2, 0.25) is 5.91 Å². The van der Waals surface area contributed by atoms with Gasteiger partial charge in [0, 0.05) is 30.6 Å². The minimum Gasteiger partial charge on any atom is -0.399 e. The van der Waals surface area contributed by atoms with E-state index in [2.05, 4.69) is 34.4 Å². The summed E-state index contributed by atoms with van der Waals surface area (Å²) in [6.45, 7) is 5.36. The normalized spacial score (nSPS) is 10.8. The molecule has 0 atom stereocenters. The monoisotopic (exact) mass is 287 g/mol. The smallest absolute Gasteiger partial charge is 0.221 e. The Morgan fingerprint density at radius 2 is 2.14 bits per heavy atom. The van der Waals surface area contributed by atoms with Crippen LogP contribution < -0.4 is 16.4 Å². The summed E-state index contributed by atoms with van der Waals surface area (Å²) in [4.78, 5) is 20.0. The van der Waals surface area contributed by atoms with Crippen LogP contribution >= 0.6 is 0 Å². The first-order valence-electron chi connectivity index (χ1n) is 7.07. The van der Waals surface area contributed by atoms with Crippen LogP contribution in [0, 0.1) is 5.92 Å². The number of aromatic nitrogens is 2. The molecule has 0 saturated carbocycles. The van der Waals surface area contributed by atoms with Gasteiger partial charge in [0.05, 0.1) is 5.52 Å². The van der Waals surface area contributed by atoms with Gasteiger partial charge in [0.1, 0.15) is 12.1 Å². The zero-order valence-electron chi connectivity index (χ0n) is 12.4. The Bertz CT molecular complexity index is 626. The van der Waals surface area contributed by atoms with E-state index in [1.807, 2.05) is 12.1 Å². The number of nitrogens with one attached hydrogen (secondary N) is 2. The fourth-order valence-electron chi connectivity index (χ4n) is 1.92. The second kappa shape index (κ2) is 6.88. The summed E-state index contributed by atoms with van der Waals surface area (Å²) in [5.41, 5.74) is 7.19. The van der Waals surface area contributed by atoms with Crippen molar-refractivity contribution in [3.63, 3.8) is 0 Å². The van der Waals surface area contributed by atoms with Crippen LogP contribution in [0.3, 0.4) is 0 Å². The van der Waals surface area contributed by atoms with Gasteiger partial charge in [-0.25, -0.2) is 9.97 Å². The van der Waals surface area contributed by atoms with Crippen molar-refractivity contribution < 1.29 is 4.79 Å². The molecule has 1 heterocycles. The minimum absolute atomic E-state index is 0.0406. The zero-order chi connectivity index (χ0) is 15.2. The molecule has 0 fully saturated rings. The Hall–Kier alpha value is -2.37. The Morgan fingerprint density at radius 1 is 1.33 bits per heavy atom. The number of carbonyl (C=O) groups is 1. The molecule has 0 radical (unpaired) electrons. The first kappa shape index (κ1) is 15.0. The first-order chi connectivity index (χ1) is 10.1. The van der Waals surface area contributed by atoms with Gasteiger partial charge in [-0.2, -0.15) is 0 Å². The quantitative estimate of drug-likeness (QED) is 0.704. The lowest BCUT2D eigenvalue weighted by atomic mass is 10.2. The minimum atomic E-state index is 0.0406. The number of nitrogens with zero attached hydrogens (tertiary/aromatic N) is 2. The van der Waals surface area contributed by atoms with Gasteiger partial charge < -0.3 is 16.4 Å². The predicted octanol–water partition coefficient (Wildman–Crippen LogP) is 1.79. The third-order valence-electron chi connectivity index (χ3n) is 3.01. The molecular weight excluding hydrogens is 266 g/mol. The van der Waals surface area contributed by atoms with Gasteiger partial charge in [-0.05, 0) is 24.1 Å². The summed E-state index contributed by atoms with van der Waals surface area (Å²) < 4.78 is 0. The lowest BCUT2D eigenvalue weighted by Gasteiger charge is -2.10. The molecule has 6 nitrogen and oxygen atoms in total. The number of nitrogen functional groups attached to an aromatic ring is 1. The van der Waals surface area contributed by atoms with Crippen molar-refractivity contribution >= 4 is 28.3 Å². The van der Waals surface area contributed by atoms with Crippen LogP contribution in [0.5, 0.6) is 0 Å². The Morgan fingerprint density at radius 3 is 2.90 bits per heavy atom. The summed E-state index contributed by atoms with van der Waals surface area (Å²) in [5.74, 6) is 1.22. The highest BCUT2D eigenvalue weighted by Gasteiger charge is 2.05. The van der Waals surface area contributed by atoms with E-state index in [-0.39, 0.29) is 5.91 Å². The van der Waals surface area contributed by atoms with Gasteiger partial charge in [0.15, 0.2) is 0 Å². The molecule has 2 rings (SSSR count). The average molecular weight is 287 g/mol. The van der Waals surface area contributed by atoms with Crippen LogP contribution in [0.1, 0.15) is 20.3 Å². The number of amides is 1. The molecule has 0 aliphatic heterocycles. The topological polar surface area (TPSA) is 92.9 Å². The molecule has 2 aromatic rings. The predicted molar refractivity (Wildman–Crippen MR) is 84.9 cm³/mol. The van der Waals surface area contributed by atoms with Crippen molar-refractivity contribution in [3.05, 3.63) is 24.5 Å². The Labute approximate surface area is 124 Å². The number of hydrogen-bond donors (Lipinski definition) is 3. The van der Waals surface area contributed by atoms with Crippen LogP contribution in [-0.4, -0.2) is 29.0 Å². The van der Waals surface area contributed by atoms with Gasteiger partial charge in [0.25, 0.3) is 0 Å². The molecule has 21 heavy (non-hydrogen) atoms. The summed E-state index contributed by atoms with van der Waals surface area (Å²) in [5, 5.41) is 6.96. The van der Waals surface area contributed by atoms with Crippen molar-refractivity contribution in [1.82, 2.24) is 15.3 Å².